The Kier molecular flexibility index (Phi) is 5.67. The molecule has 4 heteroatoms. The lowest BCUT2D eigenvalue weighted by Gasteiger charge is -2.06. The van der Waals surface area contributed by atoms with Crippen molar-refractivity contribution in [2.24, 2.45) is 5.10 Å². The van der Waals surface area contributed by atoms with Crippen LogP contribution in [-0.4, -0.2) is 11.3 Å². The quantitative estimate of drug-likeness (QED) is 0.507. The van der Waals surface area contributed by atoms with E-state index in [4.69, 9.17) is 12.2 Å². The van der Waals surface area contributed by atoms with Gasteiger partial charge in [0.1, 0.15) is 0 Å². The van der Waals surface area contributed by atoms with Gasteiger partial charge in [0, 0.05) is 5.69 Å². The van der Waals surface area contributed by atoms with Gasteiger partial charge < -0.3 is 5.32 Å². The van der Waals surface area contributed by atoms with Gasteiger partial charge in [0.05, 0.1) is 6.21 Å². The van der Waals surface area contributed by atoms with Crippen molar-refractivity contribution in [2.45, 2.75) is 6.92 Å². The standard InChI is InChI=1S/C17H17N3S/c1-14(12-15-8-4-2-5-9-15)13-18-20-17(21)19-16-10-6-3-7-11-16/h2-13H,1H3,(H2,19,20,21)/b14-12-,18-13+. The van der Waals surface area contributed by atoms with Gasteiger partial charge in [0.2, 0.25) is 0 Å². The molecule has 0 fully saturated rings. The van der Waals surface area contributed by atoms with Crippen molar-refractivity contribution in [2.75, 3.05) is 5.32 Å². The maximum atomic E-state index is 5.16. The lowest BCUT2D eigenvalue weighted by atomic mass is 10.1. The molecule has 0 radical (unpaired) electrons. The number of nitrogens with zero attached hydrogens (tertiary/aromatic N) is 1. The number of hydrogen-bond donors (Lipinski definition) is 2. The largest absolute Gasteiger partial charge is 0.331 e. The number of hydrazone groups is 1. The molecule has 0 spiro atoms. The predicted octanol–water partition coefficient (Wildman–Crippen LogP) is 4.06. The van der Waals surface area contributed by atoms with Crippen LogP contribution in [0, 0.1) is 0 Å². The summed E-state index contributed by atoms with van der Waals surface area (Å²) >= 11 is 5.16. The summed E-state index contributed by atoms with van der Waals surface area (Å²) < 4.78 is 0. The van der Waals surface area contributed by atoms with Crippen LogP contribution in [0.4, 0.5) is 5.69 Å². The van der Waals surface area contributed by atoms with E-state index in [2.05, 4.69) is 21.9 Å². The molecule has 2 aromatic rings. The van der Waals surface area contributed by atoms with Gasteiger partial charge in [-0.25, -0.2) is 0 Å². The summed E-state index contributed by atoms with van der Waals surface area (Å²) in [5, 5.41) is 7.63. The van der Waals surface area contributed by atoms with E-state index in [0.717, 1.165) is 16.8 Å². The zero-order chi connectivity index (χ0) is 14.9. The molecule has 0 saturated heterocycles. The molecule has 0 atom stereocenters. The lowest BCUT2D eigenvalue weighted by molar-refractivity contribution is 1.05. The van der Waals surface area contributed by atoms with Crippen LogP contribution in [0.15, 0.2) is 71.3 Å². The summed E-state index contributed by atoms with van der Waals surface area (Å²) in [5.41, 5.74) is 5.91. The summed E-state index contributed by atoms with van der Waals surface area (Å²) in [6, 6.07) is 19.8. The summed E-state index contributed by atoms with van der Waals surface area (Å²) in [6.07, 6.45) is 3.80. The van der Waals surface area contributed by atoms with Crippen molar-refractivity contribution >= 4 is 35.3 Å². The molecule has 0 amide bonds. The number of rotatable bonds is 4. The third-order valence-electron chi connectivity index (χ3n) is 2.66. The number of anilines is 1. The molecule has 0 heterocycles. The van der Waals surface area contributed by atoms with Crippen LogP contribution in [0.1, 0.15) is 12.5 Å². The highest BCUT2D eigenvalue weighted by Gasteiger charge is 1.94. The maximum Gasteiger partial charge on any atom is 0.191 e. The van der Waals surface area contributed by atoms with Gasteiger partial charge in [-0.1, -0.05) is 54.6 Å². The molecule has 21 heavy (non-hydrogen) atoms. The van der Waals surface area contributed by atoms with Gasteiger partial charge in [-0.15, -0.1) is 0 Å². The molecule has 0 saturated carbocycles. The van der Waals surface area contributed by atoms with Crippen molar-refractivity contribution in [3.63, 3.8) is 0 Å². The summed E-state index contributed by atoms with van der Waals surface area (Å²) in [7, 11) is 0. The maximum absolute atomic E-state index is 5.16. The van der Waals surface area contributed by atoms with E-state index < -0.39 is 0 Å². The lowest BCUT2D eigenvalue weighted by Crippen LogP contribution is -2.23. The van der Waals surface area contributed by atoms with Gasteiger partial charge in [-0.3, -0.25) is 5.43 Å². The third-order valence-corrected chi connectivity index (χ3v) is 2.85. The number of para-hydroxylation sites is 1. The first-order valence-corrected chi connectivity index (χ1v) is 7.03. The SMILES string of the molecule is CC(=C/c1ccccc1)/C=N/NC(=S)Nc1ccccc1. The number of nitrogens with one attached hydrogen (secondary N) is 2. The Balaban J connectivity index is 1.84. The topological polar surface area (TPSA) is 36.4 Å². The van der Waals surface area contributed by atoms with E-state index in [1.807, 2.05) is 67.6 Å². The predicted molar refractivity (Wildman–Crippen MR) is 94.4 cm³/mol. The highest BCUT2D eigenvalue weighted by Crippen LogP contribution is 2.05. The Morgan fingerprint density at radius 1 is 1.00 bits per heavy atom. The van der Waals surface area contributed by atoms with E-state index in [9.17, 15) is 0 Å². The molecule has 0 bridgehead atoms. The molecule has 0 unspecified atom stereocenters. The minimum absolute atomic E-state index is 0.463. The minimum atomic E-state index is 0.463. The summed E-state index contributed by atoms with van der Waals surface area (Å²) in [6.45, 7) is 1.99. The van der Waals surface area contributed by atoms with E-state index >= 15 is 0 Å². The number of allylic oxidation sites excluding steroid dienone is 1. The molecule has 0 aliphatic heterocycles. The van der Waals surface area contributed by atoms with Crippen molar-refractivity contribution < 1.29 is 0 Å². The first kappa shape index (κ1) is 14.9. The number of benzene rings is 2. The molecule has 3 nitrogen and oxygen atoms in total. The molecule has 0 aliphatic rings. The Bertz CT molecular complexity index is 634. The second-order valence-corrected chi connectivity index (χ2v) is 4.90. The molecule has 106 valence electrons. The highest BCUT2D eigenvalue weighted by molar-refractivity contribution is 7.80. The molecule has 2 aromatic carbocycles. The third kappa shape index (κ3) is 5.58. The van der Waals surface area contributed by atoms with Crippen LogP contribution >= 0.6 is 12.2 Å². The van der Waals surface area contributed by atoms with Crippen molar-refractivity contribution in [1.82, 2.24) is 5.43 Å². The monoisotopic (exact) mass is 295 g/mol. The van der Waals surface area contributed by atoms with Gasteiger partial charge in [-0.2, -0.15) is 5.10 Å². The highest BCUT2D eigenvalue weighted by atomic mass is 32.1. The summed E-state index contributed by atoms with van der Waals surface area (Å²) in [4.78, 5) is 0. The van der Waals surface area contributed by atoms with E-state index in [1.165, 1.54) is 0 Å². The van der Waals surface area contributed by atoms with Gasteiger partial charge in [-0.05, 0) is 42.4 Å². The first-order valence-electron chi connectivity index (χ1n) is 6.62. The van der Waals surface area contributed by atoms with Crippen molar-refractivity contribution in [1.29, 1.82) is 0 Å². The smallest absolute Gasteiger partial charge is 0.191 e. The van der Waals surface area contributed by atoms with Crippen LogP contribution in [-0.2, 0) is 0 Å². The van der Waals surface area contributed by atoms with Crippen LogP contribution in [0.3, 0.4) is 0 Å². The van der Waals surface area contributed by atoms with Crippen LogP contribution in [0.5, 0.6) is 0 Å². The molecule has 0 aliphatic carbocycles. The molecule has 2 rings (SSSR count). The minimum Gasteiger partial charge on any atom is -0.331 e. The number of thiocarbonyl (C=S) groups is 1. The average molecular weight is 295 g/mol. The van der Waals surface area contributed by atoms with Gasteiger partial charge >= 0.3 is 0 Å². The molecule has 0 aromatic heterocycles. The fourth-order valence-corrected chi connectivity index (χ4v) is 1.89. The molecular weight excluding hydrogens is 278 g/mol. The first-order chi connectivity index (χ1) is 10.2. The van der Waals surface area contributed by atoms with Crippen molar-refractivity contribution in [3.05, 3.63) is 71.8 Å². The Morgan fingerprint density at radius 3 is 2.29 bits per heavy atom. The van der Waals surface area contributed by atoms with Gasteiger partial charge in [0.25, 0.3) is 0 Å². The van der Waals surface area contributed by atoms with Gasteiger partial charge in [0.15, 0.2) is 5.11 Å². The zero-order valence-corrected chi connectivity index (χ0v) is 12.6. The van der Waals surface area contributed by atoms with Crippen molar-refractivity contribution in [3.8, 4) is 0 Å². The van der Waals surface area contributed by atoms with E-state index in [0.29, 0.717) is 5.11 Å². The average Bonchev–Trinajstić information content (AvgIpc) is 2.49. The normalized spacial score (nSPS) is 11.4. The van der Waals surface area contributed by atoms with E-state index in [-0.39, 0.29) is 0 Å². The Morgan fingerprint density at radius 2 is 1.62 bits per heavy atom. The number of hydrogen-bond acceptors (Lipinski definition) is 2. The Labute approximate surface area is 130 Å². The second-order valence-electron chi connectivity index (χ2n) is 4.49. The Hall–Kier alpha value is -2.46. The van der Waals surface area contributed by atoms with Crippen LogP contribution in [0.25, 0.3) is 6.08 Å². The fraction of sp³-hybridized carbons (Fsp3) is 0.0588. The summed E-state index contributed by atoms with van der Waals surface area (Å²) in [5.74, 6) is 0. The van der Waals surface area contributed by atoms with E-state index in [1.54, 1.807) is 6.21 Å². The van der Waals surface area contributed by atoms with Crippen LogP contribution in [0.2, 0.25) is 0 Å². The van der Waals surface area contributed by atoms with Crippen LogP contribution < -0.4 is 10.7 Å². The molecular formula is C17H17N3S. The molecule has 2 N–H and O–H groups in total. The fourth-order valence-electron chi connectivity index (χ4n) is 1.72. The zero-order valence-electron chi connectivity index (χ0n) is 11.8. The second kappa shape index (κ2) is 7.97.